The largest absolute Gasteiger partial charge is 0.336 e. The van der Waals surface area contributed by atoms with Crippen molar-refractivity contribution in [3.63, 3.8) is 0 Å². The highest BCUT2D eigenvalue weighted by Crippen LogP contribution is 2.32. The number of rotatable bonds is 4. The average molecular weight is 380 g/mol. The molecule has 2 aliphatic heterocycles. The van der Waals surface area contributed by atoms with Crippen LogP contribution >= 0.6 is 0 Å². The lowest BCUT2D eigenvalue weighted by molar-refractivity contribution is -0.132. The van der Waals surface area contributed by atoms with Gasteiger partial charge >= 0.3 is 0 Å². The predicted molar refractivity (Wildman–Crippen MR) is 101 cm³/mol. The summed E-state index contributed by atoms with van der Waals surface area (Å²) in [6.45, 7) is 2.56. The molecule has 0 radical (unpaired) electrons. The Kier molecular flexibility index (Phi) is 4.71. The maximum Gasteiger partial charge on any atom is 0.261 e. The van der Waals surface area contributed by atoms with Crippen LogP contribution in [0.25, 0.3) is 0 Å². The van der Waals surface area contributed by atoms with Crippen molar-refractivity contribution >= 4 is 17.7 Å². The fraction of sp³-hybridized carbons (Fsp3) is 0.318. The fourth-order valence-electron chi connectivity index (χ4n) is 4.06. The third kappa shape index (κ3) is 3.19. The summed E-state index contributed by atoms with van der Waals surface area (Å²) in [5, 5.41) is 0. The van der Waals surface area contributed by atoms with E-state index in [0.717, 1.165) is 28.9 Å². The van der Waals surface area contributed by atoms with Gasteiger partial charge in [-0.15, -0.1) is 0 Å². The van der Waals surface area contributed by atoms with E-state index in [4.69, 9.17) is 0 Å². The molecule has 5 nitrogen and oxygen atoms in total. The summed E-state index contributed by atoms with van der Waals surface area (Å²) < 4.78 is 13.2. The van der Waals surface area contributed by atoms with E-state index in [0.29, 0.717) is 17.7 Å². The molecule has 0 aliphatic carbocycles. The molecule has 2 aliphatic rings. The molecule has 0 spiro atoms. The highest BCUT2D eigenvalue weighted by molar-refractivity contribution is 6.21. The van der Waals surface area contributed by atoms with Crippen molar-refractivity contribution in [3.05, 3.63) is 70.5 Å². The molecule has 1 fully saturated rings. The molecule has 0 aromatic heterocycles. The van der Waals surface area contributed by atoms with Gasteiger partial charge < -0.3 is 4.90 Å². The summed E-state index contributed by atoms with van der Waals surface area (Å²) in [7, 11) is 0. The van der Waals surface area contributed by atoms with Gasteiger partial charge in [0.25, 0.3) is 11.8 Å². The first-order chi connectivity index (χ1) is 13.5. The minimum Gasteiger partial charge on any atom is -0.336 e. The summed E-state index contributed by atoms with van der Waals surface area (Å²) in [6, 6.07) is 11.3. The van der Waals surface area contributed by atoms with Crippen LogP contribution in [0.2, 0.25) is 0 Å². The van der Waals surface area contributed by atoms with Crippen molar-refractivity contribution < 1.29 is 18.8 Å². The summed E-state index contributed by atoms with van der Waals surface area (Å²) in [4.78, 5) is 40.8. The number of hydrogen-bond acceptors (Lipinski definition) is 3. The lowest BCUT2D eigenvalue weighted by Gasteiger charge is -2.26. The van der Waals surface area contributed by atoms with Crippen LogP contribution in [-0.2, 0) is 4.79 Å². The van der Waals surface area contributed by atoms with Crippen molar-refractivity contribution in [2.24, 2.45) is 0 Å². The van der Waals surface area contributed by atoms with Crippen molar-refractivity contribution in [2.75, 3.05) is 13.1 Å². The second-order valence-electron chi connectivity index (χ2n) is 7.36. The number of carbonyl (C=O) groups is 3. The summed E-state index contributed by atoms with van der Waals surface area (Å²) in [6.07, 6.45) is 1.78. The number of nitrogens with zero attached hydrogens (tertiary/aromatic N) is 2. The first-order valence-electron chi connectivity index (χ1n) is 9.47. The van der Waals surface area contributed by atoms with E-state index in [1.165, 1.54) is 12.1 Å². The molecule has 1 atom stereocenters. The molecular formula is C22H21FN2O3. The van der Waals surface area contributed by atoms with Gasteiger partial charge in [0.15, 0.2) is 0 Å². The van der Waals surface area contributed by atoms with Crippen LogP contribution in [0.4, 0.5) is 4.39 Å². The summed E-state index contributed by atoms with van der Waals surface area (Å²) in [5.74, 6) is -1.09. The molecule has 0 saturated carbocycles. The second-order valence-corrected chi connectivity index (χ2v) is 7.36. The first kappa shape index (κ1) is 18.3. The lowest BCUT2D eigenvalue weighted by Crippen LogP contribution is -2.36. The SMILES string of the molecule is Cc1ccc2c(c1)C(=O)N(CCC(=O)N1CCCC1c1ccc(F)cc1)C2=O. The van der Waals surface area contributed by atoms with Crippen LogP contribution in [0.5, 0.6) is 0 Å². The van der Waals surface area contributed by atoms with Crippen LogP contribution in [0, 0.1) is 12.7 Å². The van der Waals surface area contributed by atoms with Crippen LogP contribution in [0.15, 0.2) is 42.5 Å². The molecule has 1 unspecified atom stereocenters. The first-order valence-corrected chi connectivity index (χ1v) is 9.47. The van der Waals surface area contributed by atoms with E-state index in [1.54, 1.807) is 35.2 Å². The van der Waals surface area contributed by atoms with Gasteiger partial charge in [-0.3, -0.25) is 19.3 Å². The standard InChI is InChI=1S/C22H21FN2O3/c1-14-4-9-17-18(13-14)22(28)25(21(17)27)12-10-20(26)24-11-2-3-19(24)15-5-7-16(23)8-6-15/h4-9,13,19H,2-3,10-12H2,1H3. The van der Waals surface area contributed by atoms with Crippen molar-refractivity contribution in [1.29, 1.82) is 0 Å². The average Bonchev–Trinajstić information content (AvgIpc) is 3.25. The maximum atomic E-state index is 13.2. The number of fused-ring (bicyclic) bond motifs is 1. The van der Waals surface area contributed by atoms with Crippen molar-refractivity contribution in [3.8, 4) is 0 Å². The number of amides is 3. The molecule has 2 aromatic rings. The van der Waals surface area contributed by atoms with E-state index in [2.05, 4.69) is 0 Å². The van der Waals surface area contributed by atoms with Crippen molar-refractivity contribution in [2.45, 2.75) is 32.2 Å². The van der Waals surface area contributed by atoms with E-state index in [1.807, 2.05) is 6.92 Å². The maximum absolute atomic E-state index is 13.2. The Morgan fingerprint density at radius 2 is 1.79 bits per heavy atom. The monoisotopic (exact) mass is 380 g/mol. The molecule has 4 rings (SSSR count). The van der Waals surface area contributed by atoms with Gasteiger partial charge in [0.2, 0.25) is 5.91 Å². The van der Waals surface area contributed by atoms with Gasteiger partial charge in [-0.2, -0.15) is 0 Å². The van der Waals surface area contributed by atoms with E-state index >= 15 is 0 Å². The van der Waals surface area contributed by atoms with Gasteiger partial charge in [-0.05, 0) is 49.6 Å². The smallest absolute Gasteiger partial charge is 0.261 e. The Labute approximate surface area is 162 Å². The Morgan fingerprint density at radius 3 is 2.54 bits per heavy atom. The topological polar surface area (TPSA) is 57.7 Å². The van der Waals surface area contributed by atoms with Gasteiger partial charge in [0, 0.05) is 19.5 Å². The Balaban J connectivity index is 1.44. The molecule has 2 heterocycles. The van der Waals surface area contributed by atoms with Crippen LogP contribution in [0.1, 0.15) is 57.1 Å². The van der Waals surface area contributed by atoms with Crippen LogP contribution < -0.4 is 0 Å². The Bertz CT molecular complexity index is 955. The van der Waals surface area contributed by atoms with Crippen LogP contribution in [-0.4, -0.2) is 40.6 Å². The molecular weight excluding hydrogens is 359 g/mol. The minimum absolute atomic E-state index is 0.0663. The molecule has 144 valence electrons. The number of halogens is 1. The second kappa shape index (κ2) is 7.19. The fourth-order valence-corrected chi connectivity index (χ4v) is 4.06. The third-order valence-electron chi connectivity index (χ3n) is 5.50. The number of likely N-dealkylation sites (tertiary alicyclic amines) is 1. The highest BCUT2D eigenvalue weighted by atomic mass is 19.1. The molecule has 0 bridgehead atoms. The zero-order valence-electron chi connectivity index (χ0n) is 15.7. The van der Waals surface area contributed by atoms with Gasteiger partial charge in [-0.25, -0.2) is 4.39 Å². The van der Waals surface area contributed by atoms with Crippen molar-refractivity contribution in [1.82, 2.24) is 9.80 Å². The zero-order chi connectivity index (χ0) is 19.8. The van der Waals surface area contributed by atoms with E-state index < -0.39 is 0 Å². The molecule has 3 amide bonds. The molecule has 0 N–H and O–H groups in total. The Morgan fingerprint density at radius 1 is 1.07 bits per heavy atom. The predicted octanol–water partition coefficient (Wildman–Crippen LogP) is 3.48. The molecule has 1 saturated heterocycles. The number of benzene rings is 2. The normalized spacial score (nSPS) is 18.7. The molecule has 6 heteroatoms. The highest BCUT2D eigenvalue weighted by Gasteiger charge is 2.36. The summed E-state index contributed by atoms with van der Waals surface area (Å²) in [5.41, 5.74) is 2.62. The van der Waals surface area contributed by atoms with Gasteiger partial charge in [-0.1, -0.05) is 23.8 Å². The van der Waals surface area contributed by atoms with E-state index in [9.17, 15) is 18.8 Å². The number of imide groups is 1. The third-order valence-corrected chi connectivity index (χ3v) is 5.50. The van der Waals surface area contributed by atoms with Crippen LogP contribution in [0.3, 0.4) is 0 Å². The summed E-state index contributed by atoms with van der Waals surface area (Å²) >= 11 is 0. The lowest BCUT2D eigenvalue weighted by atomic mass is 10.0. The van der Waals surface area contributed by atoms with E-state index in [-0.39, 0.29) is 42.5 Å². The van der Waals surface area contributed by atoms with Gasteiger partial charge in [0.05, 0.1) is 17.2 Å². The number of carbonyl (C=O) groups excluding carboxylic acids is 3. The van der Waals surface area contributed by atoms with Gasteiger partial charge in [0.1, 0.15) is 5.82 Å². The minimum atomic E-state index is -0.343. The quantitative estimate of drug-likeness (QED) is 0.763. The molecule has 28 heavy (non-hydrogen) atoms. The number of aryl methyl sites for hydroxylation is 1. The zero-order valence-corrected chi connectivity index (χ0v) is 15.7. The molecule has 2 aromatic carbocycles. The number of hydrogen-bond donors (Lipinski definition) is 0. The Hall–Kier alpha value is -3.02.